The third kappa shape index (κ3) is 3.41. The fourth-order valence-electron chi connectivity index (χ4n) is 1.76. The molecule has 0 spiro atoms. The first-order chi connectivity index (χ1) is 8.29. The van der Waals surface area contributed by atoms with E-state index < -0.39 is 0 Å². The Hall–Kier alpha value is -1.14. The molecule has 0 aliphatic carbocycles. The van der Waals surface area contributed by atoms with E-state index in [9.17, 15) is 0 Å². The SMILES string of the molecule is OCCCNc1nc(Cl)nc(N2CCCC2)n1. The third-order valence-electron chi connectivity index (χ3n) is 2.60. The minimum absolute atomic E-state index is 0.144. The topological polar surface area (TPSA) is 74.2 Å². The maximum absolute atomic E-state index is 8.70. The van der Waals surface area contributed by atoms with Gasteiger partial charge in [-0.25, -0.2) is 0 Å². The van der Waals surface area contributed by atoms with Crippen LogP contribution >= 0.6 is 11.6 Å². The molecule has 0 atom stereocenters. The number of rotatable bonds is 5. The van der Waals surface area contributed by atoms with Gasteiger partial charge in [-0.2, -0.15) is 15.0 Å². The minimum Gasteiger partial charge on any atom is -0.396 e. The van der Waals surface area contributed by atoms with Crippen LogP contribution in [-0.2, 0) is 0 Å². The lowest BCUT2D eigenvalue weighted by Crippen LogP contribution is -2.21. The fourth-order valence-corrected chi connectivity index (χ4v) is 1.91. The largest absolute Gasteiger partial charge is 0.396 e. The van der Waals surface area contributed by atoms with E-state index >= 15 is 0 Å². The number of hydrogen-bond acceptors (Lipinski definition) is 6. The summed E-state index contributed by atoms with van der Waals surface area (Å²) in [7, 11) is 0. The predicted octanol–water partition coefficient (Wildman–Crippen LogP) is 0.919. The second-order valence-electron chi connectivity index (χ2n) is 3.93. The lowest BCUT2D eigenvalue weighted by molar-refractivity contribution is 0.292. The minimum atomic E-state index is 0.144. The van der Waals surface area contributed by atoms with Gasteiger partial charge < -0.3 is 15.3 Å². The summed E-state index contributed by atoms with van der Waals surface area (Å²) < 4.78 is 0. The summed E-state index contributed by atoms with van der Waals surface area (Å²) in [6.45, 7) is 2.70. The number of aliphatic hydroxyl groups excluding tert-OH is 1. The zero-order chi connectivity index (χ0) is 12.1. The Kier molecular flexibility index (Phi) is 4.33. The van der Waals surface area contributed by atoms with Gasteiger partial charge in [0, 0.05) is 26.2 Å². The first-order valence-corrected chi connectivity index (χ1v) is 6.18. The summed E-state index contributed by atoms with van der Waals surface area (Å²) in [6, 6.07) is 0. The average Bonchev–Trinajstić information content (AvgIpc) is 2.82. The Morgan fingerprint density at radius 2 is 2.00 bits per heavy atom. The lowest BCUT2D eigenvalue weighted by Gasteiger charge is -2.15. The van der Waals surface area contributed by atoms with Crippen LogP contribution in [-0.4, -0.2) is 46.3 Å². The van der Waals surface area contributed by atoms with Crippen LogP contribution in [0.3, 0.4) is 0 Å². The Balaban J connectivity index is 2.05. The lowest BCUT2D eigenvalue weighted by atomic mass is 10.4. The van der Waals surface area contributed by atoms with Crippen LogP contribution in [0.4, 0.5) is 11.9 Å². The van der Waals surface area contributed by atoms with Gasteiger partial charge in [-0.15, -0.1) is 0 Å². The van der Waals surface area contributed by atoms with E-state index in [4.69, 9.17) is 16.7 Å². The highest BCUT2D eigenvalue weighted by Crippen LogP contribution is 2.18. The van der Waals surface area contributed by atoms with Crippen molar-refractivity contribution >= 4 is 23.5 Å². The number of aromatic nitrogens is 3. The van der Waals surface area contributed by atoms with Crippen molar-refractivity contribution in [1.82, 2.24) is 15.0 Å². The molecule has 1 saturated heterocycles. The van der Waals surface area contributed by atoms with E-state index in [-0.39, 0.29) is 11.9 Å². The molecule has 0 radical (unpaired) electrons. The Morgan fingerprint density at radius 3 is 2.71 bits per heavy atom. The maximum Gasteiger partial charge on any atom is 0.231 e. The summed E-state index contributed by atoms with van der Waals surface area (Å²) in [4.78, 5) is 14.5. The molecule has 0 unspecified atom stereocenters. The normalized spacial score (nSPS) is 15.3. The molecule has 0 aromatic carbocycles. The Bertz CT molecular complexity index is 370. The van der Waals surface area contributed by atoms with E-state index in [1.807, 2.05) is 0 Å². The van der Waals surface area contributed by atoms with Gasteiger partial charge in [0.05, 0.1) is 0 Å². The molecule has 1 aliphatic heterocycles. The van der Waals surface area contributed by atoms with Gasteiger partial charge in [-0.05, 0) is 30.9 Å². The summed E-state index contributed by atoms with van der Waals surface area (Å²) in [5.41, 5.74) is 0. The van der Waals surface area contributed by atoms with Crippen molar-refractivity contribution in [2.75, 3.05) is 36.5 Å². The van der Waals surface area contributed by atoms with Crippen LogP contribution in [0, 0.1) is 0 Å². The van der Waals surface area contributed by atoms with E-state index in [1.54, 1.807) is 0 Å². The number of anilines is 2. The summed E-state index contributed by atoms with van der Waals surface area (Å²) in [6.07, 6.45) is 2.98. The Morgan fingerprint density at radius 1 is 1.24 bits per heavy atom. The number of halogens is 1. The molecule has 94 valence electrons. The van der Waals surface area contributed by atoms with Crippen molar-refractivity contribution < 1.29 is 5.11 Å². The first-order valence-electron chi connectivity index (χ1n) is 5.81. The molecule has 2 rings (SSSR count). The van der Waals surface area contributed by atoms with Gasteiger partial charge in [0.15, 0.2) is 0 Å². The molecule has 0 amide bonds. The number of aliphatic hydroxyl groups is 1. The zero-order valence-electron chi connectivity index (χ0n) is 9.56. The summed E-state index contributed by atoms with van der Waals surface area (Å²) in [5, 5.41) is 11.9. The average molecular weight is 258 g/mol. The Labute approximate surface area is 105 Å². The van der Waals surface area contributed by atoms with Crippen molar-refractivity contribution in [3.05, 3.63) is 5.28 Å². The number of nitrogens with one attached hydrogen (secondary N) is 1. The van der Waals surface area contributed by atoms with Crippen LogP contribution < -0.4 is 10.2 Å². The summed E-state index contributed by atoms with van der Waals surface area (Å²) >= 11 is 5.86. The molecular weight excluding hydrogens is 242 g/mol. The second kappa shape index (κ2) is 5.97. The van der Waals surface area contributed by atoms with Crippen LogP contribution in [0.15, 0.2) is 0 Å². The highest BCUT2D eigenvalue weighted by Gasteiger charge is 2.16. The van der Waals surface area contributed by atoms with Crippen molar-refractivity contribution in [3.8, 4) is 0 Å². The van der Waals surface area contributed by atoms with E-state index in [2.05, 4.69) is 25.2 Å². The van der Waals surface area contributed by atoms with Crippen LogP contribution in [0.25, 0.3) is 0 Å². The van der Waals surface area contributed by atoms with Crippen LogP contribution in [0.5, 0.6) is 0 Å². The summed E-state index contributed by atoms with van der Waals surface area (Å²) in [5.74, 6) is 1.11. The zero-order valence-corrected chi connectivity index (χ0v) is 10.3. The molecule has 6 nitrogen and oxygen atoms in total. The van der Waals surface area contributed by atoms with Gasteiger partial charge in [-0.3, -0.25) is 0 Å². The monoisotopic (exact) mass is 257 g/mol. The standard InChI is InChI=1S/C10H16ClN5O/c11-8-13-9(12-4-3-7-17)15-10(14-8)16-5-1-2-6-16/h17H,1-7H2,(H,12,13,14,15). The number of nitrogens with zero attached hydrogens (tertiary/aromatic N) is 4. The fraction of sp³-hybridized carbons (Fsp3) is 0.700. The smallest absolute Gasteiger partial charge is 0.231 e. The molecule has 2 N–H and O–H groups in total. The highest BCUT2D eigenvalue weighted by molar-refractivity contribution is 6.28. The number of hydrogen-bond donors (Lipinski definition) is 2. The predicted molar refractivity (Wildman–Crippen MR) is 66.5 cm³/mol. The van der Waals surface area contributed by atoms with Crippen molar-refractivity contribution in [1.29, 1.82) is 0 Å². The highest BCUT2D eigenvalue weighted by atomic mass is 35.5. The van der Waals surface area contributed by atoms with Crippen molar-refractivity contribution in [2.24, 2.45) is 0 Å². The maximum atomic E-state index is 8.70. The van der Waals surface area contributed by atoms with Crippen LogP contribution in [0.2, 0.25) is 5.28 Å². The molecule has 0 bridgehead atoms. The van der Waals surface area contributed by atoms with Crippen molar-refractivity contribution in [3.63, 3.8) is 0 Å². The quantitative estimate of drug-likeness (QED) is 0.764. The van der Waals surface area contributed by atoms with Crippen LogP contribution in [0.1, 0.15) is 19.3 Å². The molecule has 17 heavy (non-hydrogen) atoms. The first kappa shape index (κ1) is 12.3. The molecule has 0 saturated carbocycles. The van der Waals surface area contributed by atoms with E-state index in [1.165, 1.54) is 0 Å². The van der Waals surface area contributed by atoms with Gasteiger partial charge in [0.2, 0.25) is 17.2 Å². The second-order valence-corrected chi connectivity index (χ2v) is 4.26. The van der Waals surface area contributed by atoms with Gasteiger partial charge in [0.1, 0.15) is 0 Å². The molecular formula is C10H16ClN5O. The van der Waals surface area contributed by atoms with Gasteiger partial charge in [0.25, 0.3) is 0 Å². The molecule has 1 aliphatic rings. The molecule has 1 aromatic heterocycles. The van der Waals surface area contributed by atoms with E-state index in [0.29, 0.717) is 24.9 Å². The van der Waals surface area contributed by atoms with Crippen molar-refractivity contribution in [2.45, 2.75) is 19.3 Å². The van der Waals surface area contributed by atoms with E-state index in [0.717, 1.165) is 25.9 Å². The molecule has 1 fully saturated rings. The molecule has 7 heteroatoms. The van der Waals surface area contributed by atoms with Gasteiger partial charge in [-0.1, -0.05) is 0 Å². The third-order valence-corrected chi connectivity index (χ3v) is 2.77. The molecule has 2 heterocycles. The van der Waals surface area contributed by atoms with Gasteiger partial charge >= 0.3 is 0 Å². The molecule has 1 aromatic rings.